The van der Waals surface area contributed by atoms with Crippen LogP contribution in [-0.4, -0.2) is 37.3 Å². The van der Waals surface area contributed by atoms with Crippen molar-refractivity contribution >= 4 is 23.3 Å². The first kappa shape index (κ1) is 16.4. The summed E-state index contributed by atoms with van der Waals surface area (Å²) in [5, 5.41) is 2.64. The zero-order valence-corrected chi connectivity index (χ0v) is 13.2. The van der Waals surface area contributed by atoms with E-state index in [0.29, 0.717) is 0 Å². The minimum Gasteiger partial charge on any atom is -0.359 e. The van der Waals surface area contributed by atoms with Gasteiger partial charge in [0.15, 0.2) is 0 Å². The highest BCUT2D eigenvalue weighted by Crippen LogP contribution is 2.48. The van der Waals surface area contributed by atoms with E-state index in [4.69, 9.17) is 16.3 Å². The van der Waals surface area contributed by atoms with Crippen molar-refractivity contribution in [1.82, 2.24) is 4.90 Å². The molecule has 1 unspecified atom stereocenters. The third-order valence-electron chi connectivity index (χ3n) is 4.19. The van der Waals surface area contributed by atoms with Crippen molar-refractivity contribution < 1.29 is 22.7 Å². The van der Waals surface area contributed by atoms with Crippen LogP contribution in [0.4, 0.5) is 23.7 Å². The van der Waals surface area contributed by atoms with E-state index in [2.05, 4.69) is 5.32 Å². The Hall–Kier alpha value is -1.47. The number of anilines is 1. The van der Waals surface area contributed by atoms with Gasteiger partial charge in [-0.1, -0.05) is 11.6 Å². The molecule has 1 aliphatic carbocycles. The highest BCUT2D eigenvalue weighted by atomic mass is 35.5. The highest BCUT2D eigenvalue weighted by molar-refractivity contribution is 6.30. The second-order valence-corrected chi connectivity index (χ2v) is 6.49. The molecule has 0 radical (unpaired) electrons. The molecule has 1 aliphatic heterocycles. The van der Waals surface area contributed by atoms with Crippen molar-refractivity contribution in [2.75, 3.05) is 25.5 Å². The summed E-state index contributed by atoms with van der Waals surface area (Å²) in [6, 6.07) is 3.41. The van der Waals surface area contributed by atoms with E-state index in [1.165, 1.54) is 25.2 Å². The maximum Gasteiger partial charge on any atom is 0.423 e. The minimum atomic E-state index is -4.69. The Balaban J connectivity index is 2.13. The van der Waals surface area contributed by atoms with Crippen LogP contribution in [0.2, 0.25) is 5.02 Å². The van der Waals surface area contributed by atoms with Gasteiger partial charge in [0.05, 0.1) is 13.2 Å². The summed E-state index contributed by atoms with van der Waals surface area (Å²) in [4.78, 5) is 13.0. The van der Waals surface area contributed by atoms with Crippen LogP contribution in [0.25, 0.3) is 0 Å². The number of likely N-dealkylation sites (N-methyl/N-ethyl adjacent to an activating group) is 1. The van der Waals surface area contributed by atoms with Crippen molar-refractivity contribution in [2.45, 2.75) is 24.6 Å². The number of urea groups is 1. The molecule has 1 atom stereocenters. The predicted octanol–water partition coefficient (Wildman–Crippen LogP) is 4.00. The van der Waals surface area contributed by atoms with E-state index >= 15 is 0 Å². The van der Waals surface area contributed by atoms with E-state index in [-0.39, 0.29) is 28.8 Å². The summed E-state index contributed by atoms with van der Waals surface area (Å²) in [6.45, 7) is -0.615. The first-order valence-corrected chi connectivity index (χ1v) is 7.63. The molecule has 8 heteroatoms. The molecule has 2 aliphatic rings. The molecule has 3 rings (SSSR count). The Bertz CT molecular complexity index is 634. The standard InChI is InChI=1S/C15H16ClF3N2O2/c1-21-8-14(15(17,18)19,23-7-9-2-3-9)11-6-10(16)4-5-12(11)20-13(21)22/h4-6,9H,2-3,7-8H2,1H3,(H,20,22). The average Bonchev–Trinajstić information content (AvgIpc) is 3.27. The lowest BCUT2D eigenvalue weighted by atomic mass is 9.90. The number of benzene rings is 1. The zero-order valence-electron chi connectivity index (χ0n) is 12.4. The van der Waals surface area contributed by atoms with Gasteiger partial charge in [-0.15, -0.1) is 0 Å². The van der Waals surface area contributed by atoms with Crippen LogP contribution in [0.3, 0.4) is 0 Å². The van der Waals surface area contributed by atoms with E-state index in [1.807, 2.05) is 0 Å². The molecule has 0 saturated heterocycles. The lowest BCUT2D eigenvalue weighted by molar-refractivity contribution is -0.288. The van der Waals surface area contributed by atoms with E-state index in [1.54, 1.807) is 0 Å². The third kappa shape index (κ3) is 2.99. The first-order chi connectivity index (χ1) is 10.7. The monoisotopic (exact) mass is 348 g/mol. The minimum absolute atomic E-state index is 0.00743. The van der Waals surface area contributed by atoms with Gasteiger partial charge in [-0.2, -0.15) is 13.2 Å². The Morgan fingerprint density at radius 1 is 1.43 bits per heavy atom. The average molecular weight is 349 g/mol. The van der Waals surface area contributed by atoms with E-state index < -0.39 is 24.4 Å². The number of hydrogen-bond donors (Lipinski definition) is 1. The fourth-order valence-corrected chi connectivity index (χ4v) is 2.83. The molecule has 1 N–H and O–H groups in total. The van der Waals surface area contributed by atoms with Crippen LogP contribution in [0.15, 0.2) is 18.2 Å². The van der Waals surface area contributed by atoms with E-state index in [0.717, 1.165) is 17.7 Å². The number of fused-ring (bicyclic) bond motifs is 1. The van der Waals surface area contributed by atoms with Gasteiger partial charge in [0.25, 0.3) is 0 Å². The van der Waals surface area contributed by atoms with Gasteiger partial charge in [-0.25, -0.2) is 4.79 Å². The molecule has 1 fully saturated rings. The van der Waals surface area contributed by atoms with Crippen molar-refractivity contribution in [3.05, 3.63) is 28.8 Å². The third-order valence-corrected chi connectivity index (χ3v) is 4.42. The molecule has 23 heavy (non-hydrogen) atoms. The van der Waals surface area contributed by atoms with Gasteiger partial charge >= 0.3 is 12.2 Å². The second kappa shape index (κ2) is 5.56. The molecule has 2 amide bonds. The number of ether oxygens (including phenoxy) is 1. The van der Waals surface area contributed by atoms with Crippen LogP contribution in [-0.2, 0) is 10.3 Å². The number of alkyl halides is 3. The Morgan fingerprint density at radius 3 is 2.74 bits per heavy atom. The van der Waals surface area contributed by atoms with Gasteiger partial charge in [0, 0.05) is 23.3 Å². The first-order valence-electron chi connectivity index (χ1n) is 7.26. The summed E-state index contributed by atoms with van der Waals surface area (Å²) in [5.74, 6) is 0.147. The van der Waals surface area contributed by atoms with Crippen LogP contribution in [0.5, 0.6) is 0 Å². The van der Waals surface area contributed by atoms with Gasteiger partial charge in [-0.05, 0) is 37.0 Å². The lowest BCUT2D eigenvalue weighted by Gasteiger charge is -2.37. The Labute approximate surface area is 136 Å². The lowest BCUT2D eigenvalue weighted by Crippen LogP contribution is -2.52. The number of carbonyl (C=O) groups excluding carboxylic acids is 1. The molecule has 126 valence electrons. The van der Waals surface area contributed by atoms with Crippen LogP contribution in [0, 0.1) is 5.92 Å². The SMILES string of the molecule is CN1CC(OCC2CC2)(C(F)(F)F)c2cc(Cl)ccc2NC1=O. The van der Waals surface area contributed by atoms with Crippen molar-refractivity contribution in [2.24, 2.45) is 5.92 Å². The zero-order chi connectivity index (χ0) is 16.8. The molecule has 0 bridgehead atoms. The summed E-state index contributed by atoms with van der Waals surface area (Å²) >= 11 is 5.91. The van der Waals surface area contributed by atoms with Gasteiger partial charge < -0.3 is 15.0 Å². The Kier molecular flexibility index (Phi) is 3.96. The maximum absolute atomic E-state index is 14.0. The van der Waals surface area contributed by atoms with Gasteiger partial charge in [-0.3, -0.25) is 0 Å². The summed E-state index contributed by atoms with van der Waals surface area (Å²) in [6.07, 6.45) is -2.96. The summed E-state index contributed by atoms with van der Waals surface area (Å²) in [5.41, 5.74) is -2.68. The number of amides is 2. The maximum atomic E-state index is 14.0. The molecule has 0 aromatic heterocycles. The molecule has 1 aromatic rings. The van der Waals surface area contributed by atoms with Crippen LogP contribution in [0.1, 0.15) is 18.4 Å². The molecule has 1 saturated carbocycles. The molecule has 1 aromatic carbocycles. The van der Waals surface area contributed by atoms with Crippen LogP contribution >= 0.6 is 11.6 Å². The number of nitrogens with zero attached hydrogens (tertiary/aromatic N) is 1. The molecular formula is C15H16ClF3N2O2. The fourth-order valence-electron chi connectivity index (χ4n) is 2.65. The highest BCUT2D eigenvalue weighted by Gasteiger charge is 2.60. The topological polar surface area (TPSA) is 41.6 Å². The number of halogens is 4. The quantitative estimate of drug-likeness (QED) is 0.897. The number of nitrogens with one attached hydrogen (secondary N) is 1. The molecule has 1 heterocycles. The second-order valence-electron chi connectivity index (χ2n) is 6.06. The number of carbonyl (C=O) groups is 1. The number of hydrogen-bond acceptors (Lipinski definition) is 2. The van der Waals surface area contributed by atoms with Crippen molar-refractivity contribution in [3.63, 3.8) is 0 Å². The molecule has 0 spiro atoms. The van der Waals surface area contributed by atoms with Crippen LogP contribution < -0.4 is 5.32 Å². The van der Waals surface area contributed by atoms with Crippen molar-refractivity contribution in [1.29, 1.82) is 0 Å². The van der Waals surface area contributed by atoms with Crippen molar-refractivity contribution in [3.8, 4) is 0 Å². The summed E-state index contributed by atoms with van der Waals surface area (Å²) in [7, 11) is 1.31. The number of rotatable bonds is 3. The largest absolute Gasteiger partial charge is 0.423 e. The normalized spacial score (nSPS) is 24.9. The molecular weight excluding hydrogens is 333 g/mol. The molecule has 4 nitrogen and oxygen atoms in total. The fraction of sp³-hybridized carbons (Fsp3) is 0.533. The van der Waals surface area contributed by atoms with Gasteiger partial charge in [0.2, 0.25) is 5.60 Å². The summed E-state index contributed by atoms with van der Waals surface area (Å²) < 4.78 is 47.5. The van der Waals surface area contributed by atoms with E-state index in [9.17, 15) is 18.0 Å². The smallest absolute Gasteiger partial charge is 0.359 e. The predicted molar refractivity (Wildman–Crippen MR) is 79.5 cm³/mol. The Morgan fingerprint density at radius 2 is 2.13 bits per heavy atom. The van der Waals surface area contributed by atoms with Gasteiger partial charge in [0.1, 0.15) is 0 Å².